The number of nitrogens with one attached hydrogen (secondary N) is 2. The number of hydrogen-bond donors (Lipinski definition) is 2. The van der Waals surface area contributed by atoms with Crippen molar-refractivity contribution >= 4 is 47.4 Å². The molecule has 32 heavy (non-hydrogen) atoms. The molecule has 2 N–H and O–H groups in total. The first-order valence-corrected chi connectivity index (χ1v) is 12.2. The van der Waals surface area contributed by atoms with Gasteiger partial charge in [-0.15, -0.1) is 34.2 Å². The second-order valence-electron chi connectivity index (χ2n) is 7.47. The summed E-state index contributed by atoms with van der Waals surface area (Å²) in [6.45, 7) is 3.54. The third kappa shape index (κ3) is 6.90. The van der Waals surface area contributed by atoms with Gasteiger partial charge in [-0.25, -0.2) is 0 Å². The molecule has 1 heterocycles. The largest absolute Gasteiger partial charge is 0.493 e. The van der Waals surface area contributed by atoms with Crippen molar-refractivity contribution in [1.29, 1.82) is 0 Å². The molecule has 178 valence electrons. The zero-order valence-electron chi connectivity index (χ0n) is 19.4. The topological polar surface area (TPSA) is 85.6 Å². The van der Waals surface area contributed by atoms with Crippen molar-refractivity contribution in [3.63, 3.8) is 0 Å². The first-order chi connectivity index (χ1) is 15.2. The van der Waals surface area contributed by atoms with E-state index in [1.54, 1.807) is 26.0 Å². The van der Waals surface area contributed by atoms with Crippen LogP contribution in [0.25, 0.3) is 0 Å². The lowest BCUT2D eigenvalue weighted by molar-refractivity contribution is 0.355. The van der Waals surface area contributed by atoms with Gasteiger partial charge < -0.3 is 24.7 Å². The number of aromatic nitrogens is 3. The fourth-order valence-electron chi connectivity index (χ4n) is 3.93. The molecule has 0 radical (unpaired) electrons. The summed E-state index contributed by atoms with van der Waals surface area (Å²) in [6.07, 6.45) is 8.94. The van der Waals surface area contributed by atoms with Crippen LogP contribution >= 0.6 is 35.7 Å². The SMILES string of the molecule is CCNC(=NCCCc1nnc(SC)n1C1CCCC1)Nc1ccc(OC)c(OC)c1.I. The van der Waals surface area contributed by atoms with E-state index in [1.807, 2.05) is 18.2 Å². The number of aryl methyl sites for hydroxylation is 1. The summed E-state index contributed by atoms with van der Waals surface area (Å²) in [5, 5.41) is 16.5. The summed E-state index contributed by atoms with van der Waals surface area (Å²) in [5.74, 6) is 3.21. The molecule has 0 amide bonds. The minimum absolute atomic E-state index is 0. The highest BCUT2D eigenvalue weighted by atomic mass is 127. The molecule has 0 atom stereocenters. The number of guanidine groups is 1. The van der Waals surface area contributed by atoms with Crippen LogP contribution < -0.4 is 20.1 Å². The molecule has 1 saturated carbocycles. The van der Waals surface area contributed by atoms with Gasteiger partial charge in [-0.1, -0.05) is 24.6 Å². The van der Waals surface area contributed by atoms with E-state index in [2.05, 4.69) is 38.6 Å². The Bertz CT molecular complexity index is 870. The molecule has 1 aliphatic carbocycles. The summed E-state index contributed by atoms with van der Waals surface area (Å²) in [7, 11) is 3.26. The predicted molar refractivity (Wildman–Crippen MR) is 142 cm³/mol. The Morgan fingerprint density at radius 1 is 1.19 bits per heavy atom. The molecule has 0 bridgehead atoms. The first kappa shape index (κ1) is 26.6. The highest BCUT2D eigenvalue weighted by Gasteiger charge is 2.23. The van der Waals surface area contributed by atoms with Crippen LogP contribution in [0.1, 0.15) is 50.9 Å². The van der Waals surface area contributed by atoms with Gasteiger partial charge in [-0.2, -0.15) is 0 Å². The lowest BCUT2D eigenvalue weighted by Gasteiger charge is -2.16. The van der Waals surface area contributed by atoms with Gasteiger partial charge in [0.1, 0.15) is 5.82 Å². The number of thioether (sulfide) groups is 1. The number of hydrogen-bond acceptors (Lipinski definition) is 6. The highest BCUT2D eigenvalue weighted by Crippen LogP contribution is 2.33. The monoisotopic (exact) mass is 574 g/mol. The van der Waals surface area contributed by atoms with Crippen molar-refractivity contribution in [2.45, 2.75) is 56.6 Å². The lowest BCUT2D eigenvalue weighted by Crippen LogP contribution is -2.30. The molecule has 8 nitrogen and oxygen atoms in total. The summed E-state index contributed by atoms with van der Waals surface area (Å²) in [4.78, 5) is 4.74. The smallest absolute Gasteiger partial charge is 0.195 e. The number of nitrogens with zero attached hydrogens (tertiary/aromatic N) is 4. The Hall–Kier alpha value is -1.69. The van der Waals surface area contributed by atoms with Crippen LogP contribution in [0.15, 0.2) is 28.3 Å². The number of benzene rings is 1. The van der Waals surface area contributed by atoms with E-state index in [4.69, 9.17) is 14.5 Å². The zero-order valence-corrected chi connectivity index (χ0v) is 22.5. The molecular weight excluding hydrogens is 539 g/mol. The normalized spacial score (nSPS) is 14.2. The molecule has 1 aliphatic rings. The van der Waals surface area contributed by atoms with Crippen molar-refractivity contribution < 1.29 is 9.47 Å². The van der Waals surface area contributed by atoms with Gasteiger partial charge in [0, 0.05) is 37.3 Å². The zero-order chi connectivity index (χ0) is 22.1. The number of halogens is 1. The van der Waals surface area contributed by atoms with Crippen molar-refractivity contribution in [2.75, 3.05) is 38.9 Å². The molecular formula is C22H35IN6O2S. The quantitative estimate of drug-likeness (QED) is 0.139. The van der Waals surface area contributed by atoms with E-state index in [0.717, 1.165) is 42.0 Å². The lowest BCUT2D eigenvalue weighted by atomic mass is 10.2. The molecule has 0 unspecified atom stereocenters. The summed E-state index contributed by atoms with van der Waals surface area (Å²) >= 11 is 1.68. The molecule has 0 aliphatic heterocycles. The molecule has 1 fully saturated rings. The highest BCUT2D eigenvalue weighted by molar-refractivity contribution is 14.0. The summed E-state index contributed by atoms with van der Waals surface area (Å²) in [6, 6.07) is 6.28. The number of rotatable bonds is 10. The van der Waals surface area contributed by atoms with Gasteiger partial charge in [-0.3, -0.25) is 4.99 Å². The Balaban J connectivity index is 0.00000363. The van der Waals surface area contributed by atoms with Crippen LogP contribution in [0, 0.1) is 0 Å². The van der Waals surface area contributed by atoms with Gasteiger partial charge in [0.15, 0.2) is 22.6 Å². The predicted octanol–water partition coefficient (Wildman–Crippen LogP) is 4.76. The van der Waals surface area contributed by atoms with Crippen molar-refractivity contribution in [3.8, 4) is 11.5 Å². The minimum Gasteiger partial charge on any atom is -0.493 e. The molecule has 10 heteroatoms. The third-order valence-electron chi connectivity index (χ3n) is 5.43. The number of methoxy groups -OCH3 is 2. The number of ether oxygens (including phenoxy) is 2. The third-order valence-corrected chi connectivity index (χ3v) is 6.07. The average molecular weight is 575 g/mol. The second kappa shape index (κ2) is 13.8. The van der Waals surface area contributed by atoms with E-state index < -0.39 is 0 Å². The Labute approximate surface area is 212 Å². The van der Waals surface area contributed by atoms with Crippen LogP contribution in [0.3, 0.4) is 0 Å². The van der Waals surface area contributed by atoms with Gasteiger partial charge in [-0.05, 0) is 44.6 Å². The maximum Gasteiger partial charge on any atom is 0.195 e. The van der Waals surface area contributed by atoms with Gasteiger partial charge in [0.05, 0.1) is 14.2 Å². The van der Waals surface area contributed by atoms with Gasteiger partial charge in [0.25, 0.3) is 0 Å². The maximum atomic E-state index is 5.39. The molecule has 0 saturated heterocycles. The molecule has 3 rings (SSSR count). The van der Waals surface area contributed by atoms with E-state index in [0.29, 0.717) is 24.1 Å². The van der Waals surface area contributed by atoms with Crippen molar-refractivity contribution in [2.24, 2.45) is 4.99 Å². The molecule has 1 aromatic carbocycles. The molecule has 2 aromatic rings. The fraction of sp³-hybridized carbons (Fsp3) is 0.591. The van der Waals surface area contributed by atoms with Crippen LogP contribution in [0.2, 0.25) is 0 Å². The first-order valence-electron chi connectivity index (χ1n) is 10.9. The van der Waals surface area contributed by atoms with Crippen LogP contribution in [0.5, 0.6) is 11.5 Å². The Morgan fingerprint density at radius 3 is 2.59 bits per heavy atom. The maximum absolute atomic E-state index is 5.39. The second-order valence-corrected chi connectivity index (χ2v) is 8.24. The average Bonchev–Trinajstić information content (AvgIpc) is 3.46. The Kier molecular flexibility index (Phi) is 11.4. The number of aliphatic imine (C=N–C) groups is 1. The minimum atomic E-state index is 0. The molecule has 1 aromatic heterocycles. The van der Waals surface area contributed by atoms with Crippen LogP contribution in [-0.2, 0) is 6.42 Å². The van der Waals surface area contributed by atoms with Gasteiger partial charge >= 0.3 is 0 Å². The van der Waals surface area contributed by atoms with Gasteiger partial charge in [0.2, 0.25) is 0 Å². The summed E-state index contributed by atoms with van der Waals surface area (Å²) in [5.41, 5.74) is 0.892. The van der Waals surface area contributed by atoms with E-state index in [1.165, 1.54) is 25.7 Å². The fourth-order valence-corrected chi connectivity index (χ4v) is 4.51. The molecule has 0 spiro atoms. The van der Waals surface area contributed by atoms with Crippen LogP contribution in [0.4, 0.5) is 5.69 Å². The Morgan fingerprint density at radius 2 is 1.94 bits per heavy atom. The van der Waals surface area contributed by atoms with E-state index >= 15 is 0 Å². The van der Waals surface area contributed by atoms with Crippen molar-refractivity contribution in [1.82, 2.24) is 20.1 Å². The standard InChI is InChI=1S/C22H34N6O2S.HI/c1-5-23-21(25-16-12-13-18(29-2)19(15-16)30-3)24-14-8-11-20-26-27-22(31-4)28(20)17-9-6-7-10-17;/h12-13,15,17H,5-11,14H2,1-4H3,(H2,23,24,25);1H. The summed E-state index contributed by atoms with van der Waals surface area (Å²) < 4.78 is 13.1. The van der Waals surface area contributed by atoms with E-state index in [9.17, 15) is 0 Å². The number of anilines is 1. The van der Waals surface area contributed by atoms with E-state index in [-0.39, 0.29) is 24.0 Å². The van der Waals surface area contributed by atoms with Crippen molar-refractivity contribution in [3.05, 3.63) is 24.0 Å². The van der Waals surface area contributed by atoms with Crippen LogP contribution in [-0.4, -0.2) is 54.3 Å².